The van der Waals surface area contributed by atoms with E-state index in [-0.39, 0.29) is 0 Å². The minimum absolute atomic E-state index is 0.602. The van der Waals surface area contributed by atoms with Crippen LogP contribution in [0.1, 0.15) is 30.9 Å². The van der Waals surface area contributed by atoms with Gasteiger partial charge >= 0.3 is 0 Å². The number of hydrogen-bond donors (Lipinski definition) is 0. The second-order valence-corrected chi connectivity index (χ2v) is 7.08. The van der Waals surface area contributed by atoms with Crippen molar-refractivity contribution in [2.45, 2.75) is 26.3 Å². The Balaban J connectivity index is 1.55. The molecule has 122 valence electrons. The van der Waals surface area contributed by atoms with Crippen molar-refractivity contribution in [2.24, 2.45) is 0 Å². The number of benzene rings is 2. The second-order valence-electron chi connectivity index (χ2n) is 6.64. The third kappa shape index (κ3) is 4.27. The van der Waals surface area contributed by atoms with E-state index in [9.17, 15) is 0 Å². The molecule has 2 nitrogen and oxygen atoms in total. The van der Waals surface area contributed by atoms with E-state index in [1.807, 2.05) is 12.1 Å². The number of rotatable bonds is 4. The van der Waals surface area contributed by atoms with Crippen LogP contribution in [0.5, 0.6) is 0 Å². The molecule has 0 unspecified atom stereocenters. The largest absolute Gasteiger partial charge is 0.369 e. The molecule has 3 rings (SSSR count). The van der Waals surface area contributed by atoms with Crippen LogP contribution in [0.3, 0.4) is 0 Å². The van der Waals surface area contributed by atoms with E-state index >= 15 is 0 Å². The predicted octanol–water partition coefficient (Wildman–Crippen LogP) is 4.79. The van der Waals surface area contributed by atoms with Gasteiger partial charge in [-0.1, -0.05) is 55.8 Å². The van der Waals surface area contributed by atoms with Gasteiger partial charge in [0.15, 0.2) is 0 Å². The molecule has 0 aliphatic carbocycles. The fraction of sp³-hybridized carbons (Fsp3) is 0.400. The van der Waals surface area contributed by atoms with Gasteiger partial charge < -0.3 is 4.90 Å². The topological polar surface area (TPSA) is 6.48 Å². The summed E-state index contributed by atoms with van der Waals surface area (Å²) in [5.74, 6) is 0.602. The van der Waals surface area contributed by atoms with Crippen LogP contribution in [0, 0.1) is 0 Å². The zero-order valence-corrected chi connectivity index (χ0v) is 14.8. The van der Waals surface area contributed by atoms with E-state index in [0.717, 1.165) is 37.7 Å². The number of halogens is 1. The molecule has 3 heteroatoms. The summed E-state index contributed by atoms with van der Waals surface area (Å²) in [6, 6.07) is 17.2. The van der Waals surface area contributed by atoms with Crippen LogP contribution >= 0.6 is 11.6 Å². The van der Waals surface area contributed by atoms with Gasteiger partial charge in [-0.05, 0) is 35.2 Å². The normalized spacial score (nSPS) is 16.1. The highest BCUT2D eigenvalue weighted by Gasteiger charge is 2.17. The monoisotopic (exact) mass is 328 g/mol. The van der Waals surface area contributed by atoms with Crippen LogP contribution in [0.2, 0.25) is 5.02 Å². The van der Waals surface area contributed by atoms with E-state index in [2.05, 4.69) is 60.0 Å². The molecule has 0 aromatic heterocycles. The summed E-state index contributed by atoms with van der Waals surface area (Å²) in [7, 11) is 0. The summed E-state index contributed by atoms with van der Waals surface area (Å²) in [6.07, 6.45) is 0. The number of hydrogen-bond acceptors (Lipinski definition) is 2. The molecule has 0 N–H and O–H groups in total. The molecule has 1 saturated heterocycles. The van der Waals surface area contributed by atoms with Crippen LogP contribution in [0.25, 0.3) is 0 Å². The average molecular weight is 329 g/mol. The average Bonchev–Trinajstić information content (AvgIpc) is 2.56. The molecule has 1 aliphatic heterocycles. The van der Waals surface area contributed by atoms with Crippen molar-refractivity contribution in [2.75, 3.05) is 31.1 Å². The minimum atomic E-state index is 0.602. The van der Waals surface area contributed by atoms with Gasteiger partial charge in [-0.3, -0.25) is 4.90 Å². The molecule has 1 fully saturated rings. The third-order valence-electron chi connectivity index (χ3n) is 4.60. The Morgan fingerprint density at radius 3 is 2.26 bits per heavy atom. The van der Waals surface area contributed by atoms with Crippen molar-refractivity contribution < 1.29 is 0 Å². The maximum atomic E-state index is 6.10. The Kier molecular flexibility index (Phi) is 5.24. The summed E-state index contributed by atoms with van der Waals surface area (Å²) in [6.45, 7) is 9.83. The Morgan fingerprint density at radius 1 is 0.957 bits per heavy atom. The van der Waals surface area contributed by atoms with Crippen LogP contribution < -0.4 is 4.90 Å². The molecule has 23 heavy (non-hydrogen) atoms. The van der Waals surface area contributed by atoms with Crippen molar-refractivity contribution in [3.8, 4) is 0 Å². The summed E-state index contributed by atoms with van der Waals surface area (Å²) >= 11 is 6.10. The smallest absolute Gasteiger partial charge is 0.0426 e. The lowest BCUT2D eigenvalue weighted by atomic mass is 10.0. The first kappa shape index (κ1) is 16.4. The van der Waals surface area contributed by atoms with E-state index in [1.54, 1.807) is 0 Å². The zero-order valence-electron chi connectivity index (χ0n) is 14.0. The molecule has 0 radical (unpaired) electrons. The van der Waals surface area contributed by atoms with Crippen molar-refractivity contribution in [3.63, 3.8) is 0 Å². The van der Waals surface area contributed by atoms with Gasteiger partial charge in [-0.25, -0.2) is 0 Å². The minimum Gasteiger partial charge on any atom is -0.369 e. The lowest BCUT2D eigenvalue weighted by Gasteiger charge is -2.36. The lowest BCUT2D eigenvalue weighted by molar-refractivity contribution is 0.250. The molecule has 0 atom stereocenters. The quantitative estimate of drug-likeness (QED) is 0.796. The van der Waals surface area contributed by atoms with E-state index in [1.165, 1.54) is 16.8 Å². The van der Waals surface area contributed by atoms with Crippen molar-refractivity contribution in [1.82, 2.24) is 4.90 Å². The Bertz CT molecular complexity index is 628. The highest BCUT2D eigenvalue weighted by molar-refractivity contribution is 6.30. The van der Waals surface area contributed by atoms with Crippen molar-refractivity contribution in [3.05, 3.63) is 64.7 Å². The molecule has 0 saturated carbocycles. The van der Waals surface area contributed by atoms with Gasteiger partial charge in [0.25, 0.3) is 0 Å². The van der Waals surface area contributed by atoms with Gasteiger partial charge in [0.2, 0.25) is 0 Å². The number of piperazine rings is 1. The zero-order chi connectivity index (χ0) is 16.2. The highest BCUT2D eigenvalue weighted by atomic mass is 35.5. The lowest BCUT2D eigenvalue weighted by Crippen LogP contribution is -2.45. The SMILES string of the molecule is CC(C)c1ccc(CN2CCN(c3cccc(Cl)c3)CC2)cc1. The molecule has 1 aliphatic rings. The van der Waals surface area contributed by atoms with E-state index < -0.39 is 0 Å². The first-order valence-electron chi connectivity index (χ1n) is 8.43. The fourth-order valence-electron chi connectivity index (χ4n) is 3.10. The van der Waals surface area contributed by atoms with Crippen molar-refractivity contribution >= 4 is 17.3 Å². The predicted molar refractivity (Wildman–Crippen MR) is 99.5 cm³/mol. The molecular formula is C20H25ClN2. The molecule has 1 heterocycles. The van der Waals surface area contributed by atoms with Crippen LogP contribution in [-0.2, 0) is 6.54 Å². The number of anilines is 1. The maximum Gasteiger partial charge on any atom is 0.0426 e. The first-order chi connectivity index (χ1) is 11.1. The van der Waals surface area contributed by atoms with Crippen molar-refractivity contribution in [1.29, 1.82) is 0 Å². The Hall–Kier alpha value is -1.51. The second kappa shape index (κ2) is 7.37. The van der Waals surface area contributed by atoms with Crippen LogP contribution in [-0.4, -0.2) is 31.1 Å². The van der Waals surface area contributed by atoms with Gasteiger partial charge in [0.1, 0.15) is 0 Å². The van der Waals surface area contributed by atoms with E-state index in [4.69, 9.17) is 11.6 Å². The molecular weight excluding hydrogens is 304 g/mol. The standard InChI is InChI=1S/C20H25ClN2/c1-16(2)18-8-6-17(7-9-18)15-22-10-12-23(13-11-22)20-5-3-4-19(21)14-20/h3-9,14,16H,10-13,15H2,1-2H3. The summed E-state index contributed by atoms with van der Waals surface area (Å²) in [4.78, 5) is 4.95. The van der Waals surface area contributed by atoms with Gasteiger partial charge in [-0.2, -0.15) is 0 Å². The first-order valence-corrected chi connectivity index (χ1v) is 8.81. The Labute approximate surface area is 144 Å². The summed E-state index contributed by atoms with van der Waals surface area (Å²) in [5, 5.41) is 0.815. The fourth-order valence-corrected chi connectivity index (χ4v) is 3.29. The molecule has 0 amide bonds. The molecule has 0 bridgehead atoms. The molecule has 0 spiro atoms. The maximum absolute atomic E-state index is 6.10. The summed E-state index contributed by atoms with van der Waals surface area (Å²) in [5.41, 5.74) is 4.06. The highest BCUT2D eigenvalue weighted by Crippen LogP contribution is 2.21. The van der Waals surface area contributed by atoms with Crippen LogP contribution in [0.4, 0.5) is 5.69 Å². The Morgan fingerprint density at radius 2 is 1.65 bits per heavy atom. The van der Waals surface area contributed by atoms with Gasteiger partial charge in [0, 0.05) is 43.4 Å². The number of nitrogens with zero attached hydrogens (tertiary/aromatic N) is 2. The molecule has 2 aromatic rings. The van der Waals surface area contributed by atoms with Gasteiger partial charge in [-0.15, -0.1) is 0 Å². The third-order valence-corrected chi connectivity index (χ3v) is 4.83. The van der Waals surface area contributed by atoms with E-state index in [0.29, 0.717) is 5.92 Å². The van der Waals surface area contributed by atoms with Gasteiger partial charge in [0.05, 0.1) is 0 Å². The van der Waals surface area contributed by atoms with Crippen LogP contribution in [0.15, 0.2) is 48.5 Å². The summed E-state index contributed by atoms with van der Waals surface area (Å²) < 4.78 is 0. The molecule has 2 aromatic carbocycles.